The van der Waals surface area contributed by atoms with Crippen molar-refractivity contribution in [1.82, 2.24) is 14.8 Å². The van der Waals surface area contributed by atoms with Crippen molar-refractivity contribution in [3.63, 3.8) is 0 Å². The number of ether oxygens (including phenoxy) is 1. The lowest BCUT2D eigenvalue weighted by molar-refractivity contribution is 0.0781. The number of nitrogens with one attached hydrogen (secondary N) is 1. The molecule has 2 atom stereocenters. The highest BCUT2D eigenvalue weighted by Crippen LogP contribution is 2.32. The van der Waals surface area contributed by atoms with Crippen LogP contribution in [0.25, 0.3) is 0 Å². The Hall–Kier alpha value is -2.31. The molecular weight excluding hydrogens is 378 g/mol. The molecule has 1 N–H and O–H groups in total. The molecule has 0 spiro atoms. The minimum atomic E-state index is -0.295. The van der Waals surface area contributed by atoms with Crippen LogP contribution in [0, 0.1) is 5.92 Å². The van der Waals surface area contributed by atoms with E-state index in [4.69, 9.17) is 16.3 Å². The summed E-state index contributed by atoms with van der Waals surface area (Å²) in [6, 6.07) is 8.91. The van der Waals surface area contributed by atoms with Crippen molar-refractivity contribution in [3.05, 3.63) is 62.5 Å². The molecule has 4 rings (SSSR count). The third-order valence-electron chi connectivity index (χ3n) is 5.74. The summed E-state index contributed by atoms with van der Waals surface area (Å²) in [5.74, 6) is 1.16. The summed E-state index contributed by atoms with van der Waals surface area (Å²) < 4.78 is 7.17. The van der Waals surface area contributed by atoms with Gasteiger partial charge in [-0.3, -0.25) is 9.59 Å². The Morgan fingerprint density at radius 1 is 1.32 bits per heavy atom. The average Bonchev–Trinajstić information content (AvgIpc) is 2.69. The molecule has 0 unspecified atom stereocenters. The molecule has 0 aliphatic carbocycles. The van der Waals surface area contributed by atoms with Gasteiger partial charge >= 0.3 is 0 Å². The second-order valence-corrected chi connectivity index (χ2v) is 8.10. The lowest BCUT2D eigenvalue weighted by Crippen LogP contribution is -2.46. The summed E-state index contributed by atoms with van der Waals surface area (Å²) in [6.45, 7) is 2.79. The van der Waals surface area contributed by atoms with E-state index in [1.807, 2.05) is 6.07 Å². The fourth-order valence-electron chi connectivity index (χ4n) is 4.36. The molecule has 2 aliphatic rings. The maximum atomic E-state index is 13.1. The van der Waals surface area contributed by atoms with Crippen molar-refractivity contribution in [2.75, 3.05) is 27.2 Å². The predicted octanol–water partition coefficient (Wildman–Crippen LogP) is 2.49. The Balaban J connectivity index is 1.61. The number of halogens is 1. The van der Waals surface area contributed by atoms with Gasteiger partial charge in [0.05, 0.1) is 7.11 Å². The largest absolute Gasteiger partial charge is 0.496 e. The van der Waals surface area contributed by atoms with Gasteiger partial charge in [0.15, 0.2) is 0 Å². The van der Waals surface area contributed by atoms with E-state index in [-0.39, 0.29) is 17.0 Å². The molecule has 148 valence electrons. The molecule has 0 radical (unpaired) electrons. The first kappa shape index (κ1) is 19.0. The van der Waals surface area contributed by atoms with Gasteiger partial charge in [0.1, 0.15) is 11.3 Å². The van der Waals surface area contributed by atoms with Crippen LogP contribution >= 0.6 is 11.6 Å². The van der Waals surface area contributed by atoms with Crippen LogP contribution in [0.3, 0.4) is 0 Å². The third-order valence-corrected chi connectivity index (χ3v) is 5.97. The number of rotatable bonds is 4. The molecule has 1 aromatic heterocycles. The fraction of sp³-hybridized carbons (Fsp3) is 0.429. The summed E-state index contributed by atoms with van der Waals surface area (Å²) in [7, 11) is 3.26. The normalized spacial score (nSPS) is 20.4. The van der Waals surface area contributed by atoms with Crippen LogP contribution in [0.2, 0.25) is 5.02 Å². The monoisotopic (exact) mass is 401 g/mol. The molecule has 28 heavy (non-hydrogen) atoms. The molecule has 0 saturated carbocycles. The summed E-state index contributed by atoms with van der Waals surface area (Å²) in [4.78, 5) is 27.6. The van der Waals surface area contributed by atoms with Crippen LogP contribution in [-0.2, 0) is 13.1 Å². The second kappa shape index (κ2) is 7.60. The highest BCUT2D eigenvalue weighted by Gasteiger charge is 2.32. The maximum Gasteiger partial charge on any atom is 0.263 e. The number of fused-ring (bicyclic) bond motifs is 4. The Morgan fingerprint density at radius 3 is 2.93 bits per heavy atom. The van der Waals surface area contributed by atoms with Gasteiger partial charge in [-0.1, -0.05) is 11.6 Å². The van der Waals surface area contributed by atoms with Crippen LogP contribution in [0.15, 0.2) is 35.1 Å². The van der Waals surface area contributed by atoms with Gasteiger partial charge < -0.3 is 19.5 Å². The van der Waals surface area contributed by atoms with Crippen molar-refractivity contribution in [2.24, 2.45) is 5.92 Å². The van der Waals surface area contributed by atoms with Crippen molar-refractivity contribution >= 4 is 17.5 Å². The van der Waals surface area contributed by atoms with Crippen LogP contribution in [0.1, 0.15) is 34.0 Å². The number of hydrogen-bond acceptors (Lipinski definition) is 4. The maximum absolute atomic E-state index is 13.1. The first-order chi connectivity index (χ1) is 13.5. The van der Waals surface area contributed by atoms with Gasteiger partial charge in [-0.2, -0.15) is 0 Å². The first-order valence-corrected chi connectivity index (χ1v) is 9.88. The number of benzene rings is 1. The average molecular weight is 402 g/mol. The summed E-state index contributed by atoms with van der Waals surface area (Å²) >= 11 is 6.09. The summed E-state index contributed by atoms with van der Waals surface area (Å²) in [5, 5.41) is 4.01. The van der Waals surface area contributed by atoms with Crippen molar-refractivity contribution in [3.8, 4) is 5.75 Å². The van der Waals surface area contributed by atoms with E-state index in [9.17, 15) is 9.59 Å². The quantitative estimate of drug-likeness (QED) is 0.854. The van der Waals surface area contributed by atoms with Crippen LogP contribution in [0.4, 0.5) is 0 Å². The molecule has 1 saturated heterocycles. The Morgan fingerprint density at radius 2 is 2.14 bits per heavy atom. The van der Waals surface area contributed by atoms with Crippen molar-refractivity contribution < 1.29 is 9.53 Å². The van der Waals surface area contributed by atoms with E-state index in [0.717, 1.165) is 30.8 Å². The SMILES string of the molecule is COc1ccc(Cl)cc1CN(C)C(=O)c1ccc2n(c1=O)C[C@@H]1CNC[C@H]2C1. The minimum absolute atomic E-state index is 0.191. The molecule has 1 amide bonds. The summed E-state index contributed by atoms with van der Waals surface area (Å²) in [5.41, 5.74) is 1.85. The zero-order chi connectivity index (χ0) is 19.8. The fourth-order valence-corrected chi connectivity index (χ4v) is 4.55. The second-order valence-electron chi connectivity index (χ2n) is 7.66. The number of carbonyl (C=O) groups excluding carboxylic acids is 1. The van der Waals surface area contributed by atoms with E-state index in [2.05, 4.69) is 5.32 Å². The first-order valence-electron chi connectivity index (χ1n) is 9.50. The molecule has 1 fully saturated rings. The summed E-state index contributed by atoms with van der Waals surface area (Å²) in [6.07, 6.45) is 1.11. The molecule has 1 aromatic carbocycles. The Labute approximate surface area is 169 Å². The van der Waals surface area contributed by atoms with E-state index in [1.165, 1.54) is 4.90 Å². The number of carbonyl (C=O) groups is 1. The lowest BCUT2D eigenvalue weighted by Gasteiger charge is -2.37. The Bertz CT molecular complexity index is 972. The molecule has 3 heterocycles. The minimum Gasteiger partial charge on any atom is -0.496 e. The van der Waals surface area contributed by atoms with Crippen molar-refractivity contribution in [2.45, 2.75) is 25.4 Å². The number of methoxy groups -OCH3 is 1. The van der Waals surface area contributed by atoms with Gasteiger partial charge in [-0.15, -0.1) is 0 Å². The number of pyridine rings is 1. The van der Waals surface area contributed by atoms with Crippen LogP contribution < -0.4 is 15.6 Å². The van der Waals surface area contributed by atoms with Gasteiger partial charge in [0.2, 0.25) is 0 Å². The van der Waals surface area contributed by atoms with E-state index in [0.29, 0.717) is 35.7 Å². The van der Waals surface area contributed by atoms with E-state index >= 15 is 0 Å². The molecule has 6 nitrogen and oxygen atoms in total. The highest BCUT2D eigenvalue weighted by atomic mass is 35.5. The molecule has 2 aliphatic heterocycles. The van der Waals surface area contributed by atoms with E-state index < -0.39 is 0 Å². The number of aromatic nitrogens is 1. The van der Waals surface area contributed by atoms with Gasteiger partial charge in [0.25, 0.3) is 11.5 Å². The van der Waals surface area contributed by atoms with E-state index in [1.54, 1.807) is 43.0 Å². The molecular formula is C21H24ClN3O3. The van der Waals surface area contributed by atoms with Gasteiger partial charge in [-0.05, 0) is 49.2 Å². The standard InChI is InChI=1S/C21H24ClN3O3/c1-24(12-15-8-16(22)3-6-19(15)28-2)20(26)17-4-5-18-14-7-13(9-23-10-14)11-25(18)21(17)27/h3-6,8,13-14,23H,7,9-12H2,1-2H3/t13-,14+/m0/s1. The smallest absolute Gasteiger partial charge is 0.263 e. The van der Waals surface area contributed by atoms with Crippen LogP contribution in [-0.4, -0.2) is 42.6 Å². The number of nitrogens with zero attached hydrogens (tertiary/aromatic N) is 2. The van der Waals surface area contributed by atoms with Crippen molar-refractivity contribution in [1.29, 1.82) is 0 Å². The molecule has 7 heteroatoms. The zero-order valence-electron chi connectivity index (χ0n) is 16.1. The topological polar surface area (TPSA) is 63.6 Å². The van der Waals surface area contributed by atoms with Gasteiger partial charge in [-0.25, -0.2) is 0 Å². The third kappa shape index (κ3) is 3.42. The number of hydrogen-bond donors (Lipinski definition) is 1. The predicted molar refractivity (Wildman–Crippen MR) is 108 cm³/mol. The van der Waals surface area contributed by atoms with Gasteiger partial charge in [0, 0.05) is 48.9 Å². The van der Waals surface area contributed by atoms with Crippen LogP contribution in [0.5, 0.6) is 5.75 Å². The molecule has 2 bridgehead atoms. The number of piperidine rings is 1. The Kier molecular flexibility index (Phi) is 5.17. The lowest BCUT2D eigenvalue weighted by atomic mass is 9.84. The number of amides is 1. The highest BCUT2D eigenvalue weighted by molar-refractivity contribution is 6.30. The zero-order valence-corrected chi connectivity index (χ0v) is 16.8. The molecule has 2 aromatic rings.